The Bertz CT molecular complexity index is 1080. The second-order valence-electron chi connectivity index (χ2n) is 5.93. The Morgan fingerprint density at radius 1 is 1.04 bits per heavy atom. The molecular formula is C19H14F3N5O. The quantitative estimate of drug-likeness (QED) is 0.555. The largest absolute Gasteiger partial charge is 0.573 e. The van der Waals surface area contributed by atoms with E-state index in [1.54, 1.807) is 35.4 Å². The van der Waals surface area contributed by atoms with E-state index in [0.717, 1.165) is 5.56 Å². The molecule has 0 radical (unpaired) electrons. The monoisotopic (exact) mass is 385 g/mol. The fourth-order valence-corrected chi connectivity index (χ4v) is 2.70. The Kier molecular flexibility index (Phi) is 4.56. The summed E-state index contributed by atoms with van der Waals surface area (Å²) in [5.74, 6) is 0.370. The van der Waals surface area contributed by atoms with E-state index < -0.39 is 6.36 Å². The van der Waals surface area contributed by atoms with Gasteiger partial charge in [-0.05, 0) is 35.4 Å². The third-order valence-corrected chi connectivity index (χ3v) is 3.96. The van der Waals surface area contributed by atoms with Crippen molar-refractivity contribution < 1.29 is 17.9 Å². The molecule has 4 aromatic rings. The van der Waals surface area contributed by atoms with Gasteiger partial charge in [-0.1, -0.05) is 18.2 Å². The van der Waals surface area contributed by atoms with Crippen LogP contribution in [-0.4, -0.2) is 25.9 Å². The van der Waals surface area contributed by atoms with E-state index in [2.05, 4.69) is 25.1 Å². The summed E-state index contributed by atoms with van der Waals surface area (Å²) < 4.78 is 42.4. The fourth-order valence-electron chi connectivity index (χ4n) is 2.70. The third-order valence-electron chi connectivity index (χ3n) is 3.96. The second kappa shape index (κ2) is 7.18. The number of fused-ring (bicyclic) bond motifs is 1. The van der Waals surface area contributed by atoms with Crippen LogP contribution in [0.3, 0.4) is 0 Å². The number of hydrogen-bond donors (Lipinski definition) is 1. The van der Waals surface area contributed by atoms with Crippen LogP contribution in [0.25, 0.3) is 16.8 Å². The Balaban J connectivity index is 1.57. The van der Waals surface area contributed by atoms with Crippen molar-refractivity contribution >= 4 is 11.5 Å². The molecule has 0 aliphatic heterocycles. The predicted octanol–water partition coefficient (Wildman–Crippen LogP) is 4.30. The second-order valence-corrected chi connectivity index (χ2v) is 5.93. The van der Waals surface area contributed by atoms with E-state index in [1.807, 2.05) is 12.1 Å². The maximum atomic E-state index is 12.3. The molecule has 9 heteroatoms. The van der Waals surface area contributed by atoms with Gasteiger partial charge in [0.25, 0.3) is 0 Å². The van der Waals surface area contributed by atoms with Gasteiger partial charge in [-0.25, -0.2) is 9.50 Å². The van der Waals surface area contributed by atoms with Crippen LogP contribution in [0.2, 0.25) is 0 Å². The SMILES string of the molecule is FC(F)(F)Oc1ccc(-c2cnn3ccc(NCc4cccnc4)nc23)cc1. The predicted molar refractivity (Wildman–Crippen MR) is 96.7 cm³/mol. The van der Waals surface area contributed by atoms with Gasteiger partial charge in [-0.15, -0.1) is 13.2 Å². The molecule has 1 aromatic carbocycles. The topological polar surface area (TPSA) is 64.3 Å². The van der Waals surface area contributed by atoms with Crippen LogP contribution < -0.4 is 10.1 Å². The maximum absolute atomic E-state index is 12.3. The van der Waals surface area contributed by atoms with Crippen LogP contribution in [0.15, 0.2) is 67.3 Å². The normalized spacial score (nSPS) is 11.5. The highest BCUT2D eigenvalue weighted by Gasteiger charge is 2.31. The number of pyridine rings is 1. The number of rotatable bonds is 5. The van der Waals surface area contributed by atoms with Gasteiger partial charge >= 0.3 is 6.36 Å². The average molecular weight is 385 g/mol. The first-order valence-electron chi connectivity index (χ1n) is 8.31. The molecule has 0 bridgehead atoms. The molecule has 0 fully saturated rings. The average Bonchev–Trinajstić information content (AvgIpc) is 3.10. The summed E-state index contributed by atoms with van der Waals surface area (Å²) in [5.41, 5.74) is 2.98. The minimum atomic E-state index is -4.72. The molecule has 3 aromatic heterocycles. The highest BCUT2D eigenvalue weighted by atomic mass is 19.4. The minimum absolute atomic E-state index is 0.278. The lowest BCUT2D eigenvalue weighted by Gasteiger charge is -2.09. The van der Waals surface area contributed by atoms with E-state index >= 15 is 0 Å². The van der Waals surface area contributed by atoms with Gasteiger partial charge in [0.2, 0.25) is 0 Å². The van der Waals surface area contributed by atoms with Crippen LogP contribution >= 0.6 is 0 Å². The highest BCUT2D eigenvalue weighted by Crippen LogP contribution is 2.28. The number of nitrogens with zero attached hydrogens (tertiary/aromatic N) is 4. The van der Waals surface area contributed by atoms with Gasteiger partial charge in [0, 0.05) is 30.7 Å². The maximum Gasteiger partial charge on any atom is 0.573 e. The molecule has 0 atom stereocenters. The summed E-state index contributed by atoms with van der Waals surface area (Å²) in [6.45, 7) is 0.559. The molecule has 0 amide bonds. The first-order chi connectivity index (χ1) is 13.5. The Morgan fingerprint density at radius 2 is 1.86 bits per heavy atom. The standard InChI is InChI=1S/C19H14F3N5O/c20-19(21,22)28-15-5-3-14(4-6-15)16-12-25-27-9-7-17(26-18(16)27)24-11-13-2-1-8-23-10-13/h1-10,12H,11H2,(H,24,26). The Labute approximate surface area is 157 Å². The molecule has 1 N–H and O–H groups in total. The molecule has 6 nitrogen and oxygen atoms in total. The van der Waals surface area contributed by atoms with Crippen molar-refractivity contribution in [3.63, 3.8) is 0 Å². The van der Waals surface area contributed by atoms with Crippen molar-refractivity contribution in [3.05, 3.63) is 72.8 Å². The lowest BCUT2D eigenvalue weighted by Crippen LogP contribution is -2.16. The van der Waals surface area contributed by atoms with Gasteiger partial charge in [0.1, 0.15) is 11.6 Å². The number of anilines is 1. The van der Waals surface area contributed by atoms with E-state index in [1.165, 1.54) is 24.3 Å². The third kappa shape index (κ3) is 4.03. The number of aromatic nitrogens is 4. The summed E-state index contributed by atoms with van der Waals surface area (Å²) >= 11 is 0. The Morgan fingerprint density at radius 3 is 2.57 bits per heavy atom. The van der Waals surface area contributed by atoms with Gasteiger partial charge in [-0.2, -0.15) is 5.10 Å². The smallest absolute Gasteiger partial charge is 0.406 e. The van der Waals surface area contributed by atoms with Crippen molar-refractivity contribution in [1.29, 1.82) is 0 Å². The number of benzene rings is 1. The van der Waals surface area contributed by atoms with Crippen LogP contribution in [0.5, 0.6) is 5.75 Å². The number of alkyl halides is 3. The highest BCUT2D eigenvalue weighted by molar-refractivity contribution is 5.77. The summed E-state index contributed by atoms with van der Waals surface area (Å²) in [5, 5.41) is 7.46. The molecule has 4 rings (SSSR count). The van der Waals surface area contributed by atoms with E-state index in [4.69, 9.17) is 0 Å². The van der Waals surface area contributed by atoms with Gasteiger partial charge in [-0.3, -0.25) is 4.98 Å². The van der Waals surface area contributed by atoms with Gasteiger partial charge in [0.15, 0.2) is 5.65 Å². The lowest BCUT2D eigenvalue weighted by atomic mass is 10.1. The molecule has 0 saturated carbocycles. The molecule has 0 aliphatic carbocycles. The molecule has 3 heterocycles. The number of nitrogens with one attached hydrogen (secondary N) is 1. The van der Waals surface area contributed by atoms with E-state index in [0.29, 0.717) is 29.1 Å². The molecule has 28 heavy (non-hydrogen) atoms. The molecule has 0 spiro atoms. The zero-order valence-electron chi connectivity index (χ0n) is 14.4. The molecular weight excluding hydrogens is 371 g/mol. The van der Waals surface area contributed by atoms with Crippen molar-refractivity contribution in [2.24, 2.45) is 0 Å². The fraction of sp³-hybridized carbons (Fsp3) is 0.105. The number of hydrogen-bond acceptors (Lipinski definition) is 5. The first kappa shape index (κ1) is 17.8. The van der Waals surface area contributed by atoms with Crippen molar-refractivity contribution in [3.8, 4) is 16.9 Å². The summed E-state index contributed by atoms with van der Waals surface area (Å²) in [7, 11) is 0. The summed E-state index contributed by atoms with van der Waals surface area (Å²) in [6.07, 6.45) is 2.13. The van der Waals surface area contributed by atoms with E-state index in [9.17, 15) is 13.2 Å². The molecule has 0 aliphatic rings. The summed E-state index contributed by atoms with van der Waals surface area (Å²) in [4.78, 5) is 8.63. The van der Waals surface area contributed by atoms with Crippen LogP contribution in [0.1, 0.15) is 5.56 Å². The number of ether oxygens (including phenoxy) is 1. The minimum Gasteiger partial charge on any atom is -0.406 e. The Hall–Kier alpha value is -3.62. The van der Waals surface area contributed by atoms with E-state index in [-0.39, 0.29) is 5.75 Å². The van der Waals surface area contributed by atoms with Crippen molar-refractivity contribution in [2.45, 2.75) is 12.9 Å². The number of halogens is 3. The van der Waals surface area contributed by atoms with Crippen LogP contribution in [0.4, 0.5) is 19.0 Å². The van der Waals surface area contributed by atoms with Crippen LogP contribution in [-0.2, 0) is 6.54 Å². The molecule has 0 saturated heterocycles. The van der Waals surface area contributed by atoms with Crippen LogP contribution in [0, 0.1) is 0 Å². The van der Waals surface area contributed by atoms with Gasteiger partial charge < -0.3 is 10.1 Å². The lowest BCUT2D eigenvalue weighted by molar-refractivity contribution is -0.274. The zero-order valence-corrected chi connectivity index (χ0v) is 14.4. The molecule has 142 valence electrons. The summed E-state index contributed by atoms with van der Waals surface area (Å²) in [6, 6.07) is 11.2. The van der Waals surface area contributed by atoms with Crippen molar-refractivity contribution in [1.82, 2.24) is 19.6 Å². The zero-order chi connectivity index (χ0) is 19.6. The molecule has 0 unspecified atom stereocenters. The first-order valence-corrected chi connectivity index (χ1v) is 8.31. The van der Waals surface area contributed by atoms with Crippen molar-refractivity contribution in [2.75, 3.05) is 5.32 Å². The van der Waals surface area contributed by atoms with Gasteiger partial charge in [0.05, 0.1) is 6.20 Å².